The molecule has 1 amide bonds. The Morgan fingerprint density at radius 2 is 0.850 bits per heavy atom. The molecule has 0 aliphatic rings. The monoisotopic (exact) mass is 844 g/mol. The van der Waals surface area contributed by atoms with E-state index in [1.165, 1.54) is 161 Å². The van der Waals surface area contributed by atoms with E-state index in [0.29, 0.717) is 19.3 Å². The number of allylic oxidation sites excluding steroid dienone is 6. The van der Waals surface area contributed by atoms with Crippen LogP contribution in [0.2, 0.25) is 0 Å². The van der Waals surface area contributed by atoms with Crippen molar-refractivity contribution in [3.05, 3.63) is 36.5 Å². The van der Waals surface area contributed by atoms with Crippen LogP contribution >= 0.6 is 0 Å². The van der Waals surface area contributed by atoms with Gasteiger partial charge in [-0.3, -0.25) is 9.59 Å². The van der Waals surface area contributed by atoms with Gasteiger partial charge in [0.2, 0.25) is 5.91 Å². The highest BCUT2D eigenvalue weighted by molar-refractivity contribution is 5.77. The third kappa shape index (κ3) is 42.8. The van der Waals surface area contributed by atoms with Gasteiger partial charge in [0.1, 0.15) is 6.10 Å². The quantitative estimate of drug-likeness (QED) is 0.0322. The van der Waals surface area contributed by atoms with Crippen molar-refractivity contribution < 1.29 is 24.5 Å². The first-order chi connectivity index (χ1) is 29.5. The van der Waals surface area contributed by atoms with Gasteiger partial charge >= 0.3 is 5.97 Å². The first-order valence-electron chi connectivity index (χ1n) is 26.2. The van der Waals surface area contributed by atoms with E-state index in [1.54, 1.807) is 0 Å². The number of nitrogens with one attached hydrogen (secondary N) is 1. The molecule has 0 saturated heterocycles. The van der Waals surface area contributed by atoms with Gasteiger partial charge in [0.05, 0.1) is 25.2 Å². The summed E-state index contributed by atoms with van der Waals surface area (Å²) in [6.45, 7) is 6.47. The summed E-state index contributed by atoms with van der Waals surface area (Å²) in [6.07, 6.45) is 56.3. The standard InChI is InChI=1S/C54H101NO5/c1-4-7-10-13-16-19-22-24-25-26-27-28-30-32-35-38-41-44-47-54(59)60-50(45-42-39-36-33-21-18-15-12-9-6-3)48-53(58)55-51(49-56)52(57)46-43-40-37-34-31-29-23-20-17-14-11-8-5-2/h22,24-28,50-52,56-57H,4-21,23,29-49H2,1-3H3,(H,55,58)/b24-22+,26-25+,28-27+. The number of carbonyl (C=O) groups is 2. The lowest BCUT2D eigenvalue weighted by Crippen LogP contribution is -2.46. The first-order valence-corrected chi connectivity index (χ1v) is 26.2. The Hall–Kier alpha value is -1.92. The summed E-state index contributed by atoms with van der Waals surface area (Å²) in [7, 11) is 0. The lowest BCUT2D eigenvalue weighted by atomic mass is 10.0. The molecule has 0 radical (unpaired) electrons. The summed E-state index contributed by atoms with van der Waals surface area (Å²) in [4.78, 5) is 26.1. The summed E-state index contributed by atoms with van der Waals surface area (Å²) in [5.41, 5.74) is 0. The van der Waals surface area contributed by atoms with Crippen LogP contribution in [-0.4, -0.2) is 46.9 Å². The summed E-state index contributed by atoms with van der Waals surface area (Å²) in [5.74, 6) is -0.487. The van der Waals surface area contributed by atoms with Gasteiger partial charge in [0.15, 0.2) is 0 Å². The second-order valence-corrected chi connectivity index (χ2v) is 18.0. The van der Waals surface area contributed by atoms with Crippen molar-refractivity contribution in [2.24, 2.45) is 0 Å². The molecule has 0 aliphatic heterocycles. The van der Waals surface area contributed by atoms with Crippen LogP contribution in [0.4, 0.5) is 0 Å². The van der Waals surface area contributed by atoms with Gasteiger partial charge in [-0.15, -0.1) is 0 Å². The average molecular weight is 844 g/mol. The summed E-state index contributed by atoms with van der Waals surface area (Å²) >= 11 is 0. The minimum Gasteiger partial charge on any atom is -0.462 e. The number of aliphatic hydroxyl groups is 2. The van der Waals surface area contributed by atoms with Crippen molar-refractivity contribution in [3.63, 3.8) is 0 Å². The van der Waals surface area contributed by atoms with Gasteiger partial charge in [0.25, 0.3) is 0 Å². The molecule has 0 rings (SSSR count). The van der Waals surface area contributed by atoms with Crippen molar-refractivity contribution in [3.8, 4) is 0 Å². The van der Waals surface area contributed by atoms with E-state index >= 15 is 0 Å². The van der Waals surface area contributed by atoms with Gasteiger partial charge in [-0.1, -0.05) is 243 Å². The van der Waals surface area contributed by atoms with E-state index in [2.05, 4.69) is 62.5 Å². The number of esters is 1. The fraction of sp³-hybridized carbons (Fsp3) is 0.852. The maximum atomic E-state index is 13.2. The summed E-state index contributed by atoms with van der Waals surface area (Å²) < 4.78 is 5.92. The maximum Gasteiger partial charge on any atom is 0.306 e. The topological polar surface area (TPSA) is 95.9 Å². The molecule has 3 N–H and O–H groups in total. The van der Waals surface area contributed by atoms with E-state index in [-0.39, 0.29) is 24.9 Å². The van der Waals surface area contributed by atoms with E-state index in [9.17, 15) is 19.8 Å². The third-order valence-corrected chi connectivity index (χ3v) is 12.0. The highest BCUT2D eigenvalue weighted by Gasteiger charge is 2.24. The minimum atomic E-state index is -0.788. The SMILES string of the molecule is CCCCCCC/C=C/C=C/C=C/CCCCCCCC(=O)OC(CCCCCCCCCCCC)CC(=O)NC(CO)C(O)CCCCCCCCCCCCCCC. The molecule has 6 nitrogen and oxygen atoms in total. The fourth-order valence-electron chi connectivity index (χ4n) is 8.02. The smallest absolute Gasteiger partial charge is 0.306 e. The van der Waals surface area contributed by atoms with E-state index in [1.807, 2.05) is 0 Å². The van der Waals surface area contributed by atoms with Gasteiger partial charge in [-0.25, -0.2) is 0 Å². The van der Waals surface area contributed by atoms with E-state index in [4.69, 9.17) is 4.74 Å². The number of carbonyl (C=O) groups excluding carboxylic acids is 2. The van der Waals surface area contributed by atoms with Crippen LogP contribution in [0.1, 0.15) is 271 Å². The van der Waals surface area contributed by atoms with Crippen molar-refractivity contribution in [2.75, 3.05) is 6.61 Å². The highest BCUT2D eigenvalue weighted by Crippen LogP contribution is 2.18. The Balaban J connectivity index is 4.51. The summed E-state index contributed by atoms with van der Waals surface area (Å²) in [5, 5.41) is 23.7. The van der Waals surface area contributed by atoms with Crippen LogP contribution in [0.3, 0.4) is 0 Å². The minimum absolute atomic E-state index is 0.0727. The molecular weight excluding hydrogens is 743 g/mol. The van der Waals surface area contributed by atoms with Crippen molar-refractivity contribution in [2.45, 2.75) is 289 Å². The Morgan fingerprint density at radius 3 is 1.27 bits per heavy atom. The van der Waals surface area contributed by atoms with Crippen molar-refractivity contribution in [1.29, 1.82) is 0 Å². The molecule has 0 aliphatic carbocycles. The molecule has 3 atom stereocenters. The number of hydrogen-bond donors (Lipinski definition) is 3. The third-order valence-electron chi connectivity index (χ3n) is 12.0. The molecule has 0 aromatic carbocycles. The Kier molecular flexibility index (Phi) is 46.6. The van der Waals surface area contributed by atoms with Gasteiger partial charge in [-0.2, -0.15) is 0 Å². The van der Waals surface area contributed by atoms with Crippen LogP contribution in [0.5, 0.6) is 0 Å². The first kappa shape index (κ1) is 58.1. The molecule has 0 bridgehead atoms. The number of rotatable bonds is 47. The molecular formula is C54H101NO5. The summed E-state index contributed by atoms with van der Waals surface area (Å²) in [6, 6.07) is -0.702. The Bertz CT molecular complexity index is 993. The largest absolute Gasteiger partial charge is 0.462 e. The number of amides is 1. The molecule has 60 heavy (non-hydrogen) atoms. The van der Waals surface area contributed by atoms with Gasteiger partial charge < -0.3 is 20.3 Å². The number of aliphatic hydroxyl groups excluding tert-OH is 2. The molecule has 352 valence electrons. The number of hydrogen-bond acceptors (Lipinski definition) is 5. The lowest BCUT2D eigenvalue weighted by Gasteiger charge is -2.24. The second-order valence-electron chi connectivity index (χ2n) is 18.0. The zero-order valence-corrected chi connectivity index (χ0v) is 40.1. The van der Waals surface area contributed by atoms with Crippen LogP contribution in [0.25, 0.3) is 0 Å². The molecule has 0 aromatic rings. The molecule has 0 aromatic heterocycles. The maximum absolute atomic E-state index is 13.2. The molecule has 3 unspecified atom stereocenters. The highest BCUT2D eigenvalue weighted by atomic mass is 16.5. The molecule has 0 saturated carbocycles. The molecule has 0 heterocycles. The zero-order valence-electron chi connectivity index (χ0n) is 40.1. The Morgan fingerprint density at radius 1 is 0.483 bits per heavy atom. The second kappa shape index (κ2) is 48.1. The van der Waals surface area contributed by atoms with E-state index < -0.39 is 18.2 Å². The molecule has 0 spiro atoms. The van der Waals surface area contributed by atoms with Crippen LogP contribution in [-0.2, 0) is 14.3 Å². The van der Waals surface area contributed by atoms with Crippen molar-refractivity contribution >= 4 is 11.9 Å². The normalized spacial score (nSPS) is 13.5. The predicted octanol–water partition coefficient (Wildman–Crippen LogP) is 15.7. The number of ether oxygens (including phenoxy) is 1. The number of unbranched alkanes of at least 4 members (excludes halogenated alkanes) is 31. The average Bonchev–Trinajstić information content (AvgIpc) is 3.24. The van der Waals surface area contributed by atoms with Gasteiger partial charge in [-0.05, 0) is 51.4 Å². The lowest BCUT2D eigenvalue weighted by molar-refractivity contribution is -0.151. The van der Waals surface area contributed by atoms with Crippen LogP contribution < -0.4 is 5.32 Å². The molecule has 0 fully saturated rings. The zero-order chi connectivity index (χ0) is 43.8. The van der Waals surface area contributed by atoms with Crippen LogP contribution in [0, 0.1) is 0 Å². The van der Waals surface area contributed by atoms with Gasteiger partial charge in [0, 0.05) is 6.42 Å². The predicted molar refractivity (Wildman–Crippen MR) is 259 cm³/mol. The Labute approximate surface area is 373 Å². The molecule has 6 heteroatoms. The van der Waals surface area contributed by atoms with E-state index in [0.717, 1.165) is 64.2 Å². The van der Waals surface area contributed by atoms with Crippen LogP contribution in [0.15, 0.2) is 36.5 Å². The fourth-order valence-corrected chi connectivity index (χ4v) is 8.02. The van der Waals surface area contributed by atoms with Crippen molar-refractivity contribution in [1.82, 2.24) is 5.32 Å².